The molecule has 0 bridgehead atoms. The van der Waals surface area contributed by atoms with E-state index < -0.39 is 15.9 Å². The first-order chi connectivity index (χ1) is 15.2. The second-order valence-corrected chi connectivity index (χ2v) is 9.97. The highest BCUT2D eigenvalue weighted by Gasteiger charge is 2.16. The third-order valence-corrected chi connectivity index (χ3v) is 6.29. The van der Waals surface area contributed by atoms with Crippen LogP contribution in [0.15, 0.2) is 47.4 Å². The van der Waals surface area contributed by atoms with Crippen LogP contribution in [0.5, 0.6) is 0 Å². The SMILES string of the molecule is C[C@H](CCCN)CC(=O)NC(C#N)Cc1ccc(-c2ccc(C#N)c(S(C)(=O)=O)c2)cc1. The lowest BCUT2D eigenvalue weighted by atomic mass is 9.99. The second-order valence-electron chi connectivity index (χ2n) is 7.99. The predicted octanol–water partition coefficient (Wildman–Crippen LogP) is 2.94. The lowest BCUT2D eigenvalue weighted by Gasteiger charge is -2.15. The Morgan fingerprint density at radius 3 is 2.34 bits per heavy atom. The number of nitrogens with one attached hydrogen (secondary N) is 1. The Hall–Kier alpha value is -3.20. The minimum atomic E-state index is -3.53. The van der Waals surface area contributed by atoms with Gasteiger partial charge in [0.2, 0.25) is 5.91 Å². The average Bonchev–Trinajstić information content (AvgIpc) is 2.76. The Bertz CT molecular complexity index is 1130. The monoisotopic (exact) mass is 452 g/mol. The van der Waals surface area contributed by atoms with Crippen molar-refractivity contribution < 1.29 is 13.2 Å². The molecule has 0 aliphatic carbocycles. The molecule has 0 aliphatic rings. The number of rotatable bonds is 10. The van der Waals surface area contributed by atoms with Gasteiger partial charge in [-0.15, -0.1) is 0 Å². The topological polar surface area (TPSA) is 137 Å². The molecule has 0 spiro atoms. The number of hydrogen-bond acceptors (Lipinski definition) is 6. The van der Waals surface area contributed by atoms with Crippen LogP contribution in [-0.4, -0.2) is 33.2 Å². The number of carbonyl (C=O) groups is 1. The van der Waals surface area contributed by atoms with E-state index in [0.717, 1.165) is 30.2 Å². The van der Waals surface area contributed by atoms with E-state index in [4.69, 9.17) is 11.0 Å². The van der Waals surface area contributed by atoms with Gasteiger partial charge < -0.3 is 11.1 Å². The molecular formula is C24H28N4O3S. The fourth-order valence-electron chi connectivity index (χ4n) is 3.44. The van der Waals surface area contributed by atoms with E-state index in [1.165, 1.54) is 12.1 Å². The Kier molecular flexibility index (Phi) is 8.95. The molecule has 0 saturated carbocycles. The summed E-state index contributed by atoms with van der Waals surface area (Å²) in [6, 6.07) is 15.4. The van der Waals surface area contributed by atoms with Gasteiger partial charge in [0.15, 0.2) is 9.84 Å². The summed E-state index contributed by atoms with van der Waals surface area (Å²) in [6.07, 6.45) is 3.54. The summed E-state index contributed by atoms with van der Waals surface area (Å²) in [5.41, 5.74) is 7.94. The quantitative estimate of drug-likeness (QED) is 0.568. The third-order valence-electron chi connectivity index (χ3n) is 5.15. The molecule has 0 saturated heterocycles. The van der Waals surface area contributed by atoms with Crippen LogP contribution in [0, 0.1) is 28.6 Å². The number of amides is 1. The molecule has 168 valence electrons. The molecule has 1 amide bonds. The Balaban J connectivity index is 2.08. The summed E-state index contributed by atoms with van der Waals surface area (Å²) in [4.78, 5) is 12.2. The summed E-state index contributed by atoms with van der Waals surface area (Å²) in [7, 11) is -3.53. The zero-order valence-electron chi connectivity index (χ0n) is 18.3. The van der Waals surface area contributed by atoms with Crippen LogP contribution in [0.2, 0.25) is 0 Å². The van der Waals surface area contributed by atoms with Crippen LogP contribution in [0.1, 0.15) is 37.3 Å². The standard InChI is InChI=1S/C24H28N4O3S/c1-17(4-3-11-25)12-24(29)28-22(16-27)13-18-5-7-19(8-6-18)20-9-10-21(15-26)23(14-20)32(2,30)31/h5-10,14,17,22H,3-4,11-13,25H2,1-2H3,(H,28,29)/t17-,22?/m1/s1. The van der Waals surface area contributed by atoms with Crippen molar-refractivity contribution in [2.24, 2.45) is 11.7 Å². The molecule has 32 heavy (non-hydrogen) atoms. The number of hydrogen-bond donors (Lipinski definition) is 2. The average molecular weight is 453 g/mol. The van der Waals surface area contributed by atoms with Gasteiger partial charge in [0.1, 0.15) is 12.1 Å². The summed E-state index contributed by atoms with van der Waals surface area (Å²) < 4.78 is 24.0. The molecule has 0 heterocycles. The van der Waals surface area contributed by atoms with Crippen LogP contribution < -0.4 is 11.1 Å². The highest BCUT2D eigenvalue weighted by molar-refractivity contribution is 7.90. The normalized spacial score (nSPS) is 12.9. The first-order valence-electron chi connectivity index (χ1n) is 10.4. The zero-order chi connectivity index (χ0) is 23.7. The fraction of sp³-hybridized carbons (Fsp3) is 0.375. The van der Waals surface area contributed by atoms with E-state index in [9.17, 15) is 18.5 Å². The summed E-state index contributed by atoms with van der Waals surface area (Å²) >= 11 is 0. The second kappa shape index (κ2) is 11.4. The predicted molar refractivity (Wildman–Crippen MR) is 123 cm³/mol. The summed E-state index contributed by atoms with van der Waals surface area (Å²) in [5.74, 6) is 0.0602. The number of carbonyl (C=O) groups excluding carboxylic acids is 1. The lowest BCUT2D eigenvalue weighted by Crippen LogP contribution is -2.36. The molecule has 2 aromatic carbocycles. The third kappa shape index (κ3) is 7.19. The molecule has 0 fully saturated rings. The van der Waals surface area contributed by atoms with Gasteiger partial charge in [-0.05, 0) is 54.1 Å². The van der Waals surface area contributed by atoms with Gasteiger partial charge in [-0.25, -0.2) is 8.42 Å². The van der Waals surface area contributed by atoms with Gasteiger partial charge in [-0.1, -0.05) is 37.3 Å². The van der Waals surface area contributed by atoms with Gasteiger partial charge in [0.05, 0.1) is 16.5 Å². The minimum Gasteiger partial charge on any atom is -0.340 e. The van der Waals surface area contributed by atoms with E-state index >= 15 is 0 Å². The van der Waals surface area contributed by atoms with Crippen molar-refractivity contribution in [1.82, 2.24) is 5.32 Å². The molecule has 2 aromatic rings. The number of nitriles is 2. The molecule has 8 heteroatoms. The molecule has 2 atom stereocenters. The van der Waals surface area contributed by atoms with Crippen molar-refractivity contribution in [3.63, 3.8) is 0 Å². The van der Waals surface area contributed by atoms with Crippen molar-refractivity contribution in [2.75, 3.05) is 12.8 Å². The van der Waals surface area contributed by atoms with Gasteiger partial charge >= 0.3 is 0 Å². The first kappa shape index (κ1) is 25.1. The number of nitrogens with zero attached hydrogens (tertiary/aromatic N) is 2. The summed E-state index contributed by atoms with van der Waals surface area (Å²) in [5, 5.41) is 21.4. The molecule has 0 aromatic heterocycles. The van der Waals surface area contributed by atoms with E-state index in [2.05, 4.69) is 11.4 Å². The molecular weight excluding hydrogens is 424 g/mol. The van der Waals surface area contributed by atoms with Crippen LogP contribution in [0.3, 0.4) is 0 Å². The number of benzene rings is 2. The minimum absolute atomic E-state index is 0.00507. The maximum Gasteiger partial charge on any atom is 0.221 e. The lowest BCUT2D eigenvalue weighted by molar-refractivity contribution is -0.122. The number of sulfone groups is 1. The van der Waals surface area contributed by atoms with E-state index in [1.54, 1.807) is 6.07 Å². The largest absolute Gasteiger partial charge is 0.340 e. The molecule has 3 N–H and O–H groups in total. The van der Waals surface area contributed by atoms with Crippen molar-refractivity contribution in [2.45, 2.75) is 43.5 Å². The molecule has 0 radical (unpaired) electrons. The van der Waals surface area contributed by atoms with Crippen LogP contribution in [0.4, 0.5) is 0 Å². The Morgan fingerprint density at radius 2 is 1.78 bits per heavy atom. The summed E-state index contributed by atoms with van der Waals surface area (Å²) in [6.45, 7) is 2.59. The number of nitrogens with two attached hydrogens (primary N) is 1. The van der Waals surface area contributed by atoms with Crippen molar-refractivity contribution >= 4 is 15.7 Å². The van der Waals surface area contributed by atoms with Crippen LogP contribution in [0.25, 0.3) is 11.1 Å². The molecule has 1 unspecified atom stereocenters. The Labute approximate surface area is 189 Å². The van der Waals surface area contributed by atoms with Crippen molar-refractivity contribution in [1.29, 1.82) is 10.5 Å². The van der Waals surface area contributed by atoms with Gasteiger partial charge in [-0.3, -0.25) is 4.79 Å². The maximum absolute atomic E-state index is 12.2. The fourth-order valence-corrected chi connectivity index (χ4v) is 4.29. The zero-order valence-corrected chi connectivity index (χ0v) is 19.2. The van der Waals surface area contributed by atoms with Gasteiger partial charge in [0, 0.05) is 19.1 Å². The van der Waals surface area contributed by atoms with Gasteiger partial charge in [-0.2, -0.15) is 10.5 Å². The molecule has 7 nitrogen and oxygen atoms in total. The van der Waals surface area contributed by atoms with Gasteiger partial charge in [0.25, 0.3) is 0 Å². The van der Waals surface area contributed by atoms with Crippen molar-refractivity contribution in [3.05, 3.63) is 53.6 Å². The van der Waals surface area contributed by atoms with E-state index in [-0.39, 0.29) is 22.3 Å². The molecule has 0 aliphatic heterocycles. The highest BCUT2D eigenvalue weighted by Crippen LogP contribution is 2.26. The maximum atomic E-state index is 12.2. The first-order valence-corrected chi connectivity index (χ1v) is 12.3. The van der Waals surface area contributed by atoms with Crippen LogP contribution >= 0.6 is 0 Å². The highest BCUT2D eigenvalue weighted by atomic mass is 32.2. The molecule has 2 rings (SSSR count). The van der Waals surface area contributed by atoms with E-state index in [1.807, 2.05) is 37.3 Å². The van der Waals surface area contributed by atoms with Crippen LogP contribution in [-0.2, 0) is 21.1 Å². The van der Waals surface area contributed by atoms with Crippen molar-refractivity contribution in [3.8, 4) is 23.3 Å². The Morgan fingerprint density at radius 1 is 1.12 bits per heavy atom. The van der Waals surface area contributed by atoms with E-state index in [0.29, 0.717) is 24.9 Å². The smallest absolute Gasteiger partial charge is 0.221 e.